The summed E-state index contributed by atoms with van der Waals surface area (Å²) in [6, 6.07) is 5.73. The number of aliphatic hydroxyl groups excluding tert-OH is 1. The number of benzene rings is 1. The van der Waals surface area contributed by atoms with E-state index in [0.717, 1.165) is 63.3 Å². The van der Waals surface area contributed by atoms with E-state index in [2.05, 4.69) is 42.4 Å². The molecule has 0 spiro atoms. The average Bonchev–Trinajstić information content (AvgIpc) is 3.65. The standard InChI is InChI=1S/C29H33F2N9O2S/c1-37-10-12-38(13-11-37)28(41)18-39-33-17-25(36-39)22-14-24(31)26(15-23(22)30)42-19-27-34-35-29(43-21-7-3-2-4-8-21)40(27)20-6-5-9-32-16-20/h3,5-7,9,14-17,21,28,41H,2,4,8,10-13,18-19H2,1H3/t21-,28?/m0/s1. The molecule has 3 aromatic heterocycles. The Bertz CT molecular complexity index is 1560. The smallest absolute Gasteiger partial charge is 0.196 e. The molecule has 2 aliphatic rings. The van der Waals surface area contributed by atoms with Gasteiger partial charge in [-0.3, -0.25) is 14.5 Å². The highest BCUT2D eigenvalue weighted by atomic mass is 32.2. The van der Waals surface area contributed by atoms with Gasteiger partial charge in [0.1, 0.15) is 30.9 Å². The van der Waals surface area contributed by atoms with Crippen LogP contribution in [0.1, 0.15) is 25.1 Å². The van der Waals surface area contributed by atoms with Crippen LogP contribution < -0.4 is 4.74 Å². The number of hydrogen-bond acceptors (Lipinski definition) is 10. The Morgan fingerprint density at radius 1 is 1.12 bits per heavy atom. The summed E-state index contributed by atoms with van der Waals surface area (Å²) in [5.41, 5.74) is 0.849. The van der Waals surface area contributed by atoms with Gasteiger partial charge in [0.25, 0.3) is 0 Å². The minimum absolute atomic E-state index is 0.0528. The number of rotatable bonds is 10. The van der Waals surface area contributed by atoms with Gasteiger partial charge < -0.3 is 14.7 Å². The molecule has 0 saturated carbocycles. The van der Waals surface area contributed by atoms with Gasteiger partial charge in [0.05, 0.1) is 18.1 Å². The van der Waals surface area contributed by atoms with Gasteiger partial charge >= 0.3 is 0 Å². The number of ether oxygens (including phenoxy) is 1. The van der Waals surface area contributed by atoms with Gasteiger partial charge in [0, 0.05) is 49.3 Å². The molecule has 1 saturated heterocycles. The fourth-order valence-electron chi connectivity index (χ4n) is 5.10. The number of aliphatic hydroxyl groups is 1. The number of halogens is 2. The molecular weight excluding hydrogens is 576 g/mol. The first-order valence-corrected chi connectivity index (χ1v) is 15.1. The van der Waals surface area contributed by atoms with Crippen molar-refractivity contribution in [1.82, 2.24) is 44.5 Å². The van der Waals surface area contributed by atoms with Crippen molar-refractivity contribution < 1.29 is 18.6 Å². The fraction of sp³-hybridized carbons (Fsp3) is 0.414. The van der Waals surface area contributed by atoms with E-state index in [1.165, 1.54) is 11.0 Å². The molecule has 1 fully saturated rings. The SMILES string of the molecule is CN1CCN(C(O)Cn2ncc(-c3cc(F)c(OCc4nnc(S[C@H]5C=CCCC5)n4-c4cccnc4)cc3F)n2)CC1. The second kappa shape index (κ2) is 13.3. The van der Waals surface area contributed by atoms with Crippen molar-refractivity contribution in [2.75, 3.05) is 33.2 Å². The Balaban J connectivity index is 1.16. The Morgan fingerprint density at radius 2 is 1.98 bits per heavy atom. The maximum absolute atomic E-state index is 15.2. The summed E-state index contributed by atoms with van der Waals surface area (Å²) >= 11 is 1.60. The molecule has 0 bridgehead atoms. The van der Waals surface area contributed by atoms with E-state index in [-0.39, 0.29) is 35.4 Å². The molecule has 4 heterocycles. The molecule has 1 unspecified atom stereocenters. The molecule has 0 amide bonds. The fourth-order valence-corrected chi connectivity index (χ4v) is 6.25. The zero-order valence-electron chi connectivity index (χ0n) is 23.8. The summed E-state index contributed by atoms with van der Waals surface area (Å²) in [6.07, 6.45) is 11.5. The van der Waals surface area contributed by atoms with Gasteiger partial charge in [-0.05, 0) is 44.5 Å². The van der Waals surface area contributed by atoms with Crippen LogP contribution in [0.3, 0.4) is 0 Å². The van der Waals surface area contributed by atoms with Crippen LogP contribution >= 0.6 is 11.8 Å². The van der Waals surface area contributed by atoms with Crippen LogP contribution in [0, 0.1) is 11.6 Å². The second-order valence-corrected chi connectivity index (χ2v) is 11.8. The summed E-state index contributed by atoms with van der Waals surface area (Å²) in [4.78, 5) is 9.65. The third-order valence-electron chi connectivity index (χ3n) is 7.55. The number of nitrogens with zero attached hydrogens (tertiary/aromatic N) is 9. The van der Waals surface area contributed by atoms with Crippen molar-refractivity contribution >= 4 is 11.8 Å². The Kier molecular flexibility index (Phi) is 9.07. The minimum Gasteiger partial charge on any atom is -0.482 e. The number of piperazine rings is 1. The topological polar surface area (TPSA) is 110 Å². The number of allylic oxidation sites excluding steroid dienone is 1. The predicted octanol–water partition coefficient (Wildman–Crippen LogP) is 3.54. The first-order valence-electron chi connectivity index (χ1n) is 14.3. The van der Waals surface area contributed by atoms with E-state index in [1.54, 1.807) is 24.2 Å². The molecule has 4 aromatic rings. The van der Waals surface area contributed by atoms with Crippen LogP contribution in [0.2, 0.25) is 0 Å². The maximum atomic E-state index is 15.2. The monoisotopic (exact) mass is 609 g/mol. The lowest BCUT2D eigenvalue weighted by Gasteiger charge is -2.35. The van der Waals surface area contributed by atoms with Gasteiger partial charge in [-0.2, -0.15) is 15.0 Å². The largest absolute Gasteiger partial charge is 0.482 e. The van der Waals surface area contributed by atoms with Crippen LogP contribution in [0.4, 0.5) is 8.78 Å². The van der Waals surface area contributed by atoms with Crippen LogP contribution in [-0.4, -0.2) is 94.4 Å². The highest BCUT2D eigenvalue weighted by Gasteiger charge is 2.23. The number of aromatic nitrogens is 7. The Hall–Kier alpha value is -3.72. The number of likely N-dealkylation sites (N-methyl/N-ethyl adjacent to an activating group) is 1. The van der Waals surface area contributed by atoms with Crippen LogP contribution in [0.25, 0.3) is 16.9 Å². The maximum Gasteiger partial charge on any atom is 0.196 e. The minimum atomic E-state index is -0.780. The third-order valence-corrected chi connectivity index (χ3v) is 8.72. The highest BCUT2D eigenvalue weighted by Crippen LogP contribution is 2.32. The molecule has 1 N–H and O–H groups in total. The van der Waals surface area contributed by atoms with Gasteiger partial charge in [0.2, 0.25) is 0 Å². The lowest BCUT2D eigenvalue weighted by Crippen LogP contribution is -2.50. The Labute approximate surface area is 252 Å². The zero-order valence-corrected chi connectivity index (χ0v) is 24.6. The summed E-state index contributed by atoms with van der Waals surface area (Å²) in [7, 11) is 2.04. The van der Waals surface area contributed by atoms with E-state index in [0.29, 0.717) is 11.0 Å². The molecule has 226 valence electrons. The Morgan fingerprint density at radius 3 is 2.74 bits per heavy atom. The van der Waals surface area contributed by atoms with Gasteiger partial charge in [-0.1, -0.05) is 23.9 Å². The predicted molar refractivity (Wildman–Crippen MR) is 157 cm³/mol. The molecule has 43 heavy (non-hydrogen) atoms. The molecule has 0 radical (unpaired) electrons. The number of hydrogen-bond donors (Lipinski definition) is 1. The molecule has 1 aliphatic carbocycles. The van der Waals surface area contributed by atoms with E-state index < -0.39 is 17.9 Å². The summed E-state index contributed by atoms with van der Waals surface area (Å²) in [6.45, 7) is 3.14. The molecule has 6 rings (SSSR count). The quantitative estimate of drug-likeness (QED) is 0.268. The summed E-state index contributed by atoms with van der Waals surface area (Å²) in [5, 5.41) is 28.6. The lowest BCUT2D eigenvalue weighted by atomic mass is 10.1. The second-order valence-electron chi connectivity index (χ2n) is 10.6. The molecule has 14 heteroatoms. The third kappa shape index (κ3) is 6.93. The van der Waals surface area contributed by atoms with E-state index in [4.69, 9.17) is 4.74 Å². The van der Waals surface area contributed by atoms with Crippen molar-refractivity contribution in [3.63, 3.8) is 0 Å². The van der Waals surface area contributed by atoms with Crippen molar-refractivity contribution in [2.45, 2.75) is 49.0 Å². The van der Waals surface area contributed by atoms with Crippen molar-refractivity contribution in [1.29, 1.82) is 0 Å². The lowest BCUT2D eigenvalue weighted by molar-refractivity contribution is -0.0352. The van der Waals surface area contributed by atoms with Crippen molar-refractivity contribution in [3.8, 4) is 22.7 Å². The molecular formula is C29H33F2N9O2S. The molecule has 1 aliphatic heterocycles. The molecule has 2 atom stereocenters. The number of thioether (sulfide) groups is 1. The first-order chi connectivity index (χ1) is 20.9. The molecule has 1 aromatic carbocycles. The number of pyridine rings is 1. The van der Waals surface area contributed by atoms with Crippen LogP contribution in [0.15, 0.2) is 60.2 Å². The van der Waals surface area contributed by atoms with Crippen LogP contribution in [-0.2, 0) is 13.2 Å². The first kappa shape index (κ1) is 29.4. The normalized spacial score (nSPS) is 18.7. The van der Waals surface area contributed by atoms with E-state index in [9.17, 15) is 5.11 Å². The summed E-state index contributed by atoms with van der Waals surface area (Å²) in [5.74, 6) is -1.29. The van der Waals surface area contributed by atoms with E-state index in [1.807, 2.05) is 28.6 Å². The van der Waals surface area contributed by atoms with Gasteiger partial charge in [0.15, 0.2) is 22.5 Å². The molecule has 11 nitrogen and oxygen atoms in total. The summed E-state index contributed by atoms with van der Waals surface area (Å²) < 4.78 is 38.0. The van der Waals surface area contributed by atoms with E-state index >= 15 is 8.78 Å². The van der Waals surface area contributed by atoms with Crippen molar-refractivity contribution in [3.05, 3.63) is 72.5 Å². The van der Waals surface area contributed by atoms with Gasteiger partial charge in [-0.25, -0.2) is 8.78 Å². The average molecular weight is 610 g/mol. The van der Waals surface area contributed by atoms with Gasteiger partial charge in [-0.15, -0.1) is 10.2 Å². The van der Waals surface area contributed by atoms with Crippen molar-refractivity contribution in [2.24, 2.45) is 0 Å². The zero-order chi connectivity index (χ0) is 29.8. The van der Waals surface area contributed by atoms with Crippen LogP contribution in [0.5, 0.6) is 5.75 Å². The highest BCUT2D eigenvalue weighted by molar-refractivity contribution is 7.99.